The Morgan fingerprint density at radius 1 is 1.15 bits per heavy atom. The normalized spacial score (nSPS) is 24.2. The molecule has 1 aliphatic heterocycles. The van der Waals surface area contributed by atoms with Crippen molar-refractivity contribution < 1.29 is 19.4 Å². The molecule has 2 atom stereocenters. The molecule has 5 nitrogen and oxygen atoms in total. The second kappa shape index (κ2) is 9.42. The maximum atomic E-state index is 12.5. The van der Waals surface area contributed by atoms with Crippen molar-refractivity contribution in [3.8, 4) is 0 Å². The van der Waals surface area contributed by atoms with Crippen LogP contribution < -0.4 is 5.32 Å². The number of rotatable bonds is 6. The number of hydrogen-bond acceptors (Lipinski definition) is 4. The molecule has 2 aliphatic rings. The molecule has 1 aromatic carbocycles. The average molecular weight is 378 g/mol. The molecule has 142 valence electrons. The van der Waals surface area contributed by atoms with Gasteiger partial charge < -0.3 is 15.2 Å². The fourth-order valence-electron chi connectivity index (χ4n) is 3.69. The first-order valence-corrected chi connectivity index (χ1v) is 10.5. The zero-order valence-electron chi connectivity index (χ0n) is 15.0. The minimum absolute atomic E-state index is 0.0508. The molecule has 2 N–H and O–H groups in total. The summed E-state index contributed by atoms with van der Waals surface area (Å²) in [5.41, 5.74) is 2.00. The highest BCUT2D eigenvalue weighted by molar-refractivity contribution is 7.99. The van der Waals surface area contributed by atoms with Gasteiger partial charge in [0.15, 0.2) is 0 Å². The second-order valence-electron chi connectivity index (χ2n) is 7.21. The molecule has 2 unspecified atom stereocenters. The molecule has 1 amide bonds. The van der Waals surface area contributed by atoms with E-state index in [1.54, 1.807) is 0 Å². The van der Waals surface area contributed by atoms with E-state index < -0.39 is 5.97 Å². The number of amides is 1. The summed E-state index contributed by atoms with van der Waals surface area (Å²) in [5.74, 6) is -0.495. The van der Waals surface area contributed by atoms with E-state index in [2.05, 4.69) is 11.4 Å². The SMILES string of the molecule is O=C(O)C1CCCC(C(=O)Nc2cccc(CSC3CCOCC3)c2)C1. The van der Waals surface area contributed by atoms with Crippen molar-refractivity contribution in [3.63, 3.8) is 0 Å². The number of thioether (sulfide) groups is 1. The van der Waals surface area contributed by atoms with Gasteiger partial charge in [-0.2, -0.15) is 11.8 Å². The summed E-state index contributed by atoms with van der Waals surface area (Å²) < 4.78 is 5.40. The molecule has 0 aromatic heterocycles. The van der Waals surface area contributed by atoms with Crippen molar-refractivity contribution in [3.05, 3.63) is 29.8 Å². The minimum atomic E-state index is -0.783. The summed E-state index contributed by atoms with van der Waals surface area (Å²) in [4.78, 5) is 23.7. The van der Waals surface area contributed by atoms with Gasteiger partial charge in [0.1, 0.15) is 0 Å². The zero-order chi connectivity index (χ0) is 18.4. The van der Waals surface area contributed by atoms with Crippen molar-refractivity contribution in [1.29, 1.82) is 0 Å². The first kappa shape index (κ1) is 19.2. The van der Waals surface area contributed by atoms with Crippen molar-refractivity contribution in [2.45, 2.75) is 49.5 Å². The highest BCUT2D eigenvalue weighted by Gasteiger charge is 2.31. The molecule has 3 rings (SSSR count). The Kier molecular flexibility index (Phi) is 6.97. The van der Waals surface area contributed by atoms with E-state index in [4.69, 9.17) is 4.74 Å². The largest absolute Gasteiger partial charge is 0.481 e. The van der Waals surface area contributed by atoms with Crippen LogP contribution in [0.25, 0.3) is 0 Å². The first-order valence-electron chi connectivity index (χ1n) is 9.44. The van der Waals surface area contributed by atoms with Crippen molar-refractivity contribution in [2.75, 3.05) is 18.5 Å². The lowest BCUT2D eigenvalue weighted by molar-refractivity contribution is -0.143. The van der Waals surface area contributed by atoms with Crippen LogP contribution in [0.3, 0.4) is 0 Å². The number of ether oxygens (including phenoxy) is 1. The summed E-state index contributed by atoms with van der Waals surface area (Å²) in [5, 5.41) is 12.8. The smallest absolute Gasteiger partial charge is 0.306 e. The van der Waals surface area contributed by atoms with Gasteiger partial charge in [0.25, 0.3) is 0 Å². The first-order chi connectivity index (χ1) is 12.6. The Hall–Kier alpha value is -1.53. The molecule has 26 heavy (non-hydrogen) atoms. The van der Waals surface area contributed by atoms with E-state index in [0.717, 1.165) is 50.3 Å². The summed E-state index contributed by atoms with van der Waals surface area (Å²) >= 11 is 1.95. The molecular weight excluding hydrogens is 350 g/mol. The summed E-state index contributed by atoms with van der Waals surface area (Å²) in [6, 6.07) is 7.99. The minimum Gasteiger partial charge on any atom is -0.481 e. The standard InChI is InChI=1S/C20H27NO4S/c22-19(15-4-2-5-16(12-15)20(23)24)21-17-6-1-3-14(11-17)13-26-18-7-9-25-10-8-18/h1,3,6,11,15-16,18H,2,4-5,7-10,12-13H2,(H,21,22)(H,23,24). The van der Waals surface area contributed by atoms with Gasteiger partial charge in [0.2, 0.25) is 5.91 Å². The number of anilines is 1. The Labute approximate surface area is 158 Å². The van der Waals surface area contributed by atoms with E-state index in [-0.39, 0.29) is 17.7 Å². The Bertz CT molecular complexity index is 630. The van der Waals surface area contributed by atoms with E-state index in [1.165, 1.54) is 5.56 Å². The van der Waals surface area contributed by atoms with Crippen LogP contribution in [-0.4, -0.2) is 35.4 Å². The Morgan fingerprint density at radius 2 is 1.92 bits per heavy atom. The number of nitrogens with one attached hydrogen (secondary N) is 1. The Morgan fingerprint density at radius 3 is 2.69 bits per heavy atom. The van der Waals surface area contributed by atoms with Gasteiger partial charge in [-0.05, 0) is 49.8 Å². The molecule has 1 aromatic rings. The third kappa shape index (κ3) is 5.48. The Balaban J connectivity index is 1.52. The maximum absolute atomic E-state index is 12.5. The monoisotopic (exact) mass is 377 g/mol. The van der Waals surface area contributed by atoms with Gasteiger partial charge in [0.05, 0.1) is 5.92 Å². The summed E-state index contributed by atoms with van der Waals surface area (Å²) in [6.45, 7) is 1.71. The maximum Gasteiger partial charge on any atom is 0.306 e. The molecule has 1 heterocycles. The number of aliphatic carboxylic acids is 1. The van der Waals surface area contributed by atoms with E-state index in [1.807, 2.05) is 30.0 Å². The van der Waals surface area contributed by atoms with Crippen LogP contribution >= 0.6 is 11.8 Å². The molecule has 0 spiro atoms. The van der Waals surface area contributed by atoms with Crippen molar-refractivity contribution in [2.24, 2.45) is 11.8 Å². The molecule has 1 saturated heterocycles. The molecule has 1 saturated carbocycles. The topological polar surface area (TPSA) is 75.6 Å². The predicted molar refractivity (Wildman–Crippen MR) is 103 cm³/mol. The summed E-state index contributed by atoms with van der Waals surface area (Å²) in [7, 11) is 0. The molecule has 2 fully saturated rings. The zero-order valence-corrected chi connectivity index (χ0v) is 15.8. The van der Waals surface area contributed by atoms with Gasteiger partial charge in [0, 0.05) is 35.8 Å². The molecular formula is C20H27NO4S. The van der Waals surface area contributed by atoms with Crippen molar-refractivity contribution in [1.82, 2.24) is 0 Å². The second-order valence-corrected chi connectivity index (χ2v) is 8.50. The van der Waals surface area contributed by atoms with Gasteiger partial charge in [-0.3, -0.25) is 9.59 Å². The number of carbonyl (C=O) groups is 2. The lowest BCUT2D eigenvalue weighted by Crippen LogP contribution is -2.30. The van der Waals surface area contributed by atoms with Gasteiger partial charge >= 0.3 is 5.97 Å². The average Bonchev–Trinajstić information content (AvgIpc) is 2.67. The van der Waals surface area contributed by atoms with Crippen LogP contribution in [0.4, 0.5) is 5.69 Å². The predicted octanol–water partition coefficient (Wildman–Crippen LogP) is 3.93. The lowest BCUT2D eigenvalue weighted by atomic mass is 9.81. The van der Waals surface area contributed by atoms with E-state index in [0.29, 0.717) is 18.1 Å². The molecule has 6 heteroatoms. The van der Waals surface area contributed by atoms with Gasteiger partial charge in [-0.15, -0.1) is 0 Å². The number of hydrogen-bond donors (Lipinski definition) is 2. The molecule has 0 radical (unpaired) electrons. The van der Waals surface area contributed by atoms with Crippen LogP contribution in [0.2, 0.25) is 0 Å². The number of carboxylic acid groups (broad SMARTS) is 1. The molecule has 0 bridgehead atoms. The van der Waals surface area contributed by atoms with Crippen LogP contribution in [-0.2, 0) is 20.1 Å². The number of carboxylic acids is 1. The fourth-order valence-corrected chi connectivity index (χ4v) is 4.83. The molecule has 1 aliphatic carbocycles. The quantitative estimate of drug-likeness (QED) is 0.786. The lowest BCUT2D eigenvalue weighted by Gasteiger charge is -2.25. The van der Waals surface area contributed by atoms with Crippen molar-refractivity contribution >= 4 is 29.3 Å². The van der Waals surface area contributed by atoms with Crippen LogP contribution in [0.5, 0.6) is 0 Å². The van der Waals surface area contributed by atoms with E-state index >= 15 is 0 Å². The number of carbonyl (C=O) groups excluding carboxylic acids is 1. The highest BCUT2D eigenvalue weighted by atomic mass is 32.2. The third-order valence-electron chi connectivity index (χ3n) is 5.24. The van der Waals surface area contributed by atoms with Gasteiger partial charge in [-0.1, -0.05) is 18.6 Å². The van der Waals surface area contributed by atoms with Crippen LogP contribution in [0.15, 0.2) is 24.3 Å². The van der Waals surface area contributed by atoms with Crippen LogP contribution in [0, 0.1) is 11.8 Å². The highest BCUT2D eigenvalue weighted by Crippen LogP contribution is 2.31. The fraction of sp³-hybridized carbons (Fsp3) is 0.600. The van der Waals surface area contributed by atoms with E-state index in [9.17, 15) is 14.7 Å². The van der Waals surface area contributed by atoms with Gasteiger partial charge in [-0.25, -0.2) is 0 Å². The number of benzene rings is 1. The van der Waals surface area contributed by atoms with Crippen LogP contribution in [0.1, 0.15) is 44.1 Å². The third-order valence-corrected chi connectivity index (χ3v) is 6.69. The summed E-state index contributed by atoms with van der Waals surface area (Å²) in [6.07, 6.45) is 4.91.